The second-order valence-corrected chi connectivity index (χ2v) is 5.23. The predicted molar refractivity (Wildman–Crippen MR) is 80.5 cm³/mol. The number of hydrogen-bond donors (Lipinski definition) is 2. The van der Waals surface area contributed by atoms with Crippen LogP contribution in [0.4, 0.5) is 5.69 Å². The van der Waals surface area contributed by atoms with Gasteiger partial charge in [-0.1, -0.05) is 29.3 Å². The van der Waals surface area contributed by atoms with Gasteiger partial charge in [0.2, 0.25) is 5.91 Å². The Hall–Kier alpha value is -0.710. The van der Waals surface area contributed by atoms with Gasteiger partial charge in [-0.15, -0.1) is 6.58 Å². The maximum atomic E-state index is 11.7. The molecule has 0 aliphatic rings. The molecule has 1 amide bonds. The highest BCUT2D eigenvalue weighted by molar-refractivity contribution is 9.10. The summed E-state index contributed by atoms with van der Waals surface area (Å²) >= 11 is 15.4. The predicted octanol–water partition coefficient (Wildman–Crippen LogP) is 3.86. The van der Waals surface area contributed by atoms with Crippen molar-refractivity contribution in [3.63, 3.8) is 0 Å². The van der Waals surface area contributed by atoms with Crippen LogP contribution in [-0.2, 0) is 4.79 Å². The van der Waals surface area contributed by atoms with Crippen LogP contribution >= 0.6 is 39.1 Å². The standard InChI is InChI=1S/C12H13BrCl2N2O/c1-3-6-16-12(18)7(2)17-9-5-4-8(13)10(14)11(9)15/h3-5,7,17H,1,6H2,2H3,(H,16,18). The average Bonchev–Trinajstić information content (AvgIpc) is 2.36. The van der Waals surface area contributed by atoms with E-state index < -0.39 is 6.04 Å². The topological polar surface area (TPSA) is 41.1 Å². The van der Waals surface area contributed by atoms with Gasteiger partial charge >= 0.3 is 0 Å². The third-order valence-corrected chi connectivity index (χ3v) is 3.99. The molecule has 1 atom stereocenters. The molecule has 0 bridgehead atoms. The van der Waals surface area contributed by atoms with Crippen LogP contribution in [0.15, 0.2) is 29.3 Å². The number of carbonyl (C=O) groups is 1. The minimum absolute atomic E-state index is 0.134. The molecular weight excluding hydrogens is 339 g/mol. The molecule has 0 saturated heterocycles. The molecule has 6 heteroatoms. The summed E-state index contributed by atoms with van der Waals surface area (Å²) in [5.41, 5.74) is 0.617. The molecule has 1 aromatic rings. The molecule has 1 rings (SSSR count). The second-order valence-electron chi connectivity index (χ2n) is 3.62. The van der Waals surface area contributed by atoms with Crippen molar-refractivity contribution in [1.82, 2.24) is 5.32 Å². The normalized spacial score (nSPS) is 11.8. The second kappa shape index (κ2) is 7.02. The molecule has 0 heterocycles. The lowest BCUT2D eigenvalue weighted by molar-refractivity contribution is -0.121. The van der Waals surface area contributed by atoms with E-state index >= 15 is 0 Å². The minimum Gasteiger partial charge on any atom is -0.373 e. The van der Waals surface area contributed by atoms with Gasteiger partial charge in [-0.25, -0.2) is 0 Å². The lowest BCUT2D eigenvalue weighted by Crippen LogP contribution is -2.37. The van der Waals surface area contributed by atoms with Gasteiger partial charge in [-0.3, -0.25) is 4.79 Å². The van der Waals surface area contributed by atoms with Crippen LogP contribution in [0.2, 0.25) is 10.0 Å². The van der Waals surface area contributed by atoms with E-state index in [2.05, 4.69) is 33.1 Å². The van der Waals surface area contributed by atoms with Crippen molar-refractivity contribution in [3.8, 4) is 0 Å². The summed E-state index contributed by atoms with van der Waals surface area (Å²) in [6.07, 6.45) is 1.62. The Morgan fingerprint density at radius 2 is 2.17 bits per heavy atom. The zero-order valence-electron chi connectivity index (χ0n) is 9.77. The molecule has 0 fully saturated rings. The summed E-state index contributed by atoms with van der Waals surface area (Å²) in [4.78, 5) is 11.7. The lowest BCUT2D eigenvalue weighted by Gasteiger charge is -2.16. The lowest BCUT2D eigenvalue weighted by atomic mass is 10.2. The van der Waals surface area contributed by atoms with Gasteiger partial charge in [0.1, 0.15) is 6.04 Å². The van der Waals surface area contributed by atoms with Crippen LogP contribution in [0.3, 0.4) is 0 Å². The van der Waals surface area contributed by atoms with Crippen molar-refractivity contribution < 1.29 is 4.79 Å². The smallest absolute Gasteiger partial charge is 0.242 e. The molecule has 18 heavy (non-hydrogen) atoms. The number of hydrogen-bond acceptors (Lipinski definition) is 2. The molecule has 1 aromatic carbocycles. The number of anilines is 1. The molecule has 2 N–H and O–H groups in total. The highest BCUT2D eigenvalue weighted by Gasteiger charge is 2.15. The molecular formula is C12H13BrCl2N2O. The average molecular weight is 352 g/mol. The summed E-state index contributed by atoms with van der Waals surface area (Å²) in [6, 6.07) is 3.11. The Morgan fingerprint density at radius 1 is 1.50 bits per heavy atom. The highest BCUT2D eigenvalue weighted by atomic mass is 79.9. The van der Waals surface area contributed by atoms with Gasteiger partial charge in [0.15, 0.2) is 0 Å². The monoisotopic (exact) mass is 350 g/mol. The number of benzene rings is 1. The number of amides is 1. The van der Waals surface area contributed by atoms with Gasteiger partial charge in [0, 0.05) is 11.0 Å². The quantitative estimate of drug-likeness (QED) is 0.624. The molecule has 0 saturated carbocycles. The number of rotatable bonds is 5. The summed E-state index contributed by atoms with van der Waals surface area (Å²) < 4.78 is 0.712. The maximum Gasteiger partial charge on any atom is 0.242 e. The van der Waals surface area contributed by atoms with E-state index in [1.54, 1.807) is 25.1 Å². The molecule has 0 aliphatic heterocycles. The molecule has 0 aliphatic carbocycles. The SMILES string of the molecule is C=CCNC(=O)C(C)Nc1ccc(Br)c(Cl)c1Cl. The number of halogens is 3. The summed E-state index contributed by atoms with van der Waals surface area (Å²) in [5, 5.41) is 6.50. The van der Waals surface area contributed by atoms with Crippen molar-refractivity contribution in [2.24, 2.45) is 0 Å². The number of nitrogens with one attached hydrogen (secondary N) is 2. The van der Waals surface area contributed by atoms with Crippen LogP contribution in [0.25, 0.3) is 0 Å². The van der Waals surface area contributed by atoms with E-state index in [-0.39, 0.29) is 5.91 Å². The van der Waals surface area contributed by atoms with Gasteiger partial charge in [0.05, 0.1) is 15.7 Å². The molecule has 0 aromatic heterocycles. The fourth-order valence-corrected chi connectivity index (χ4v) is 2.09. The third kappa shape index (κ3) is 3.90. The Labute approximate surface area is 125 Å². The summed E-state index contributed by atoms with van der Waals surface area (Å²) in [7, 11) is 0. The van der Waals surface area contributed by atoms with Crippen molar-refractivity contribution >= 4 is 50.7 Å². The van der Waals surface area contributed by atoms with Crippen molar-refractivity contribution in [1.29, 1.82) is 0 Å². The fraction of sp³-hybridized carbons (Fsp3) is 0.250. The van der Waals surface area contributed by atoms with E-state index in [0.29, 0.717) is 26.8 Å². The highest BCUT2D eigenvalue weighted by Crippen LogP contribution is 2.36. The number of carbonyl (C=O) groups excluding carboxylic acids is 1. The van der Waals surface area contributed by atoms with Gasteiger partial charge in [-0.05, 0) is 35.0 Å². The van der Waals surface area contributed by atoms with E-state index in [1.807, 2.05) is 0 Å². The Kier molecular flexibility index (Phi) is 5.99. The summed E-state index contributed by atoms with van der Waals surface area (Å²) in [5.74, 6) is -0.134. The Bertz CT molecular complexity index is 466. The van der Waals surface area contributed by atoms with Crippen LogP contribution in [0, 0.1) is 0 Å². The van der Waals surface area contributed by atoms with Gasteiger partial charge in [0.25, 0.3) is 0 Å². The van der Waals surface area contributed by atoms with Crippen LogP contribution < -0.4 is 10.6 Å². The summed E-state index contributed by atoms with van der Waals surface area (Å²) in [6.45, 7) is 5.70. The zero-order chi connectivity index (χ0) is 13.7. The van der Waals surface area contributed by atoms with E-state index in [4.69, 9.17) is 23.2 Å². The molecule has 1 unspecified atom stereocenters. The van der Waals surface area contributed by atoms with E-state index in [1.165, 1.54) is 0 Å². The first kappa shape index (κ1) is 15.3. The van der Waals surface area contributed by atoms with Gasteiger partial charge in [-0.2, -0.15) is 0 Å². The van der Waals surface area contributed by atoms with Crippen molar-refractivity contribution in [3.05, 3.63) is 39.3 Å². The first-order valence-electron chi connectivity index (χ1n) is 5.26. The largest absolute Gasteiger partial charge is 0.373 e. The van der Waals surface area contributed by atoms with Crippen molar-refractivity contribution in [2.75, 3.05) is 11.9 Å². The molecule has 0 spiro atoms. The zero-order valence-corrected chi connectivity index (χ0v) is 12.9. The van der Waals surface area contributed by atoms with Crippen LogP contribution in [-0.4, -0.2) is 18.5 Å². The Balaban J connectivity index is 2.76. The van der Waals surface area contributed by atoms with Crippen molar-refractivity contribution in [2.45, 2.75) is 13.0 Å². The van der Waals surface area contributed by atoms with E-state index in [0.717, 1.165) is 0 Å². The Morgan fingerprint density at radius 3 is 2.78 bits per heavy atom. The van der Waals surface area contributed by atoms with Crippen LogP contribution in [0.5, 0.6) is 0 Å². The van der Waals surface area contributed by atoms with Crippen LogP contribution in [0.1, 0.15) is 6.92 Å². The maximum absolute atomic E-state index is 11.7. The minimum atomic E-state index is -0.417. The fourth-order valence-electron chi connectivity index (χ4n) is 1.26. The van der Waals surface area contributed by atoms with Gasteiger partial charge < -0.3 is 10.6 Å². The molecule has 3 nitrogen and oxygen atoms in total. The first-order valence-corrected chi connectivity index (χ1v) is 6.81. The molecule has 98 valence electrons. The third-order valence-electron chi connectivity index (χ3n) is 2.22. The first-order chi connectivity index (χ1) is 8.47. The molecule has 0 radical (unpaired) electrons. The van der Waals surface area contributed by atoms with E-state index in [9.17, 15) is 4.79 Å².